The fourth-order valence-electron chi connectivity index (χ4n) is 2.15. The van der Waals surface area contributed by atoms with Gasteiger partial charge in [-0.3, -0.25) is 9.59 Å². The van der Waals surface area contributed by atoms with Crippen LogP contribution in [0, 0.1) is 0 Å². The van der Waals surface area contributed by atoms with E-state index < -0.39 is 17.8 Å². The van der Waals surface area contributed by atoms with Crippen molar-refractivity contribution < 1.29 is 23.9 Å². The van der Waals surface area contributed by atoms with Crippen molar-refractivity contribution >= 4 is 30.1 Å². The molecule has 2 aromatic rings. The van der Waals surface area contributed by atoms with Gasteiger partial charge in [0.15, 0.2) is 0 Å². The summed E-state index contributed by atoms with van der Waals surface area (Å²) in [4.78, 5) is 34.8. The van der Waals surface area contributed by atoms with Crippen molar-refractivity contribution in [3.05, 3.63) is 71.3 Å². The zero-order valence-corrected chi connectivity index (χ0v) is 16.0. The van der Waals surface area contributed by atoms with Gasteiger partial charge in [-0.15, -0.1) is 0 Å². The molecule has 0 atom stereocenters. The van der Waals surface area contributed by atoms with Crippen LogP contribution in [0.2, 0.25) is 0 Å². The predicted molar refractivity (Wildman–Crippen MR) is 109 cm³/mol. The predicted octanol–water partition coefficient (Wildman–Crippen LogP) is 1.76. The topological polar surface area (TPSA) is 106 Å². The highest BCUT2D eigenvalue weighted by atomic mass is 16.5. The van der Waals surface area contributed by atoms with Gasteiger partial charge >= 0.3 is 5.97 Å². The lowest BCUT2D eigenvalue weighted by Gasteiger charge is -2.02. The maximum atomic E-state index is 11.8. The molecule has 2 rings (SSSR count). The molecular formula is C21H21N3O5. The van der Waals surface area contributed by atoms with E-state index in [1.165, 1.54) is 19.4 Å². The molecule has 0 aromatic heterocycles. The van der Waals surface area contributed by atoms with Crippen LogP contribution < -0.4 is 15.5 Å². The summed E-state index contributed by atoms with van der Waals surface area (Å²) in [5.41, 5.74) is 4.24. The van der Waals surface area contributed by atoms with E-state index >= 15 is 0 Å². The van der Waals surface area contributed by atoms with Crippen LogP contribution in [0.4, 0.5) is 0 Å². The number of rotatable bonds is 8. The number of amides is 2. The van der Waals surface area contributed by atoms with Gasteiger partial charge in [-0.2, -0.15) is 5.10 Å². The molecular weight excluding hydrogens is 374 g/mol. The van der Waals surface area contributed by atoms with Crippen molar-refractivity contribution in [1.29, 1.82) is 0 Å². The van der Waals surface area contributed by atoms with Crippen molar-refractivity contribution in [2.75, 3.05) is 20.8 Å². The molecule has 0 saturated carbocycles. The third-order valence-corrected chi connectivity index (χ3v) is 3.70. The molecule has 2 aromatic carbocycles. The summed E-state index contributed by atoms with van der Waals surface area (Å²) in [7, 11) is 2.88. The fourth-order valence-corrected chi connectivity index (χ4v) is 2.15. The molecule has 150 valence electrons. The molecule has 0 bridgehead atoms. The summed E-state index contributed by atoms with van der Waals surface area (Å²) in [6.07, 6.45) is 4.38. The van der Waals surface area contributed by atoms with E-state index in [0.717, 1.165) is 11.3 Å². The summed E-state index contributed by atoms with van der Waals surface area (Å²) in [5.74, 6) is -0.584. The van der Waals surface area contributed by atoms with Gasteiger partial charge in [0.25, 0.3) is 5.91 Å². The summed E-state index contributed by atoms with van der Waals surface area (Å²) < 4.78 is 9.67. The summed E-state index contributed by atoms with van der Waals surface area (Å²) in [5, 5.41) is 6.26. The highest BCUT2D eigenvalue weighted by Crippen LogP contribution is 2.12. The minimum atomic E-state index is -0.473. The van der Waals surface area contributed by atoms with Crippen molar-refractivity contribution in [1.82, 2.24) is 10.7 Å². The van der Waals surface area contributed by atoms with E-state index in [4.69, 9.17) is 4.74 Å². The molecule has 8 nitrogen and oxygen atoms in total. The first-order valence-corrected chi connectivity index (χ1v) is 8.62. The monoisotopic (exact) mass is 395 g/mol. The number of methoxy groups -OCH3 is 2. The average Bonchev–Trinajstić information content (AvgIpc) is 2.76. The second-order valence-corrected chi connectivity index (χ2v) is 5.73. The number of carbonyl (C=O) groups excluding carboxylic acids is 3. The van der Waals surface area contributed by atoms with Crippen molar-refractivity contribution in [3.8, 4) is 5.75 Å². The van der Waals surface area contributed by atoms with Gasteiger partial charge in [0.2, 0.25) is 5.91 Å². The largest absolute Gasteiger partial charge is 0.497 e. The second-order valence-electron chi connectivity index (χ2n) is 5.73. The van der Waals surface area contributed by atoms with Crippen LogP contribution in [0.5, 0.6) is 5.75 Å². The number of hydrazone groups is 1. The molecule has 8 heteroatoms. The Balaban J connectivity index is 1.74. The molecule has 0 fully saturated rings. The number of hydrogen-bond donors (Lipinski definition) is 2. The van der Waals surface area contributed by atoms with Crippen LogP contribution in [0.1, 0.15) is 21.5 Å². The molecule has 0 heterocycles. The minimum absolute atomic E-state index is 0.218. The lowest BCUT2D eigenvalue weighted by atomic mass is 10.1. The number of ether oxygens (including phenoxy) is 2. The van der Waals surface area contributed by atoms with Gasteiger partial charge in [0.05, 0.1) is 32.5 Å². The number of esters is 1. The van der Waals surface area contributed by atoms with Crippen molar-refractivity contribution in [2.45, 2.75) is 0 Å². The van der Waals surface area contributed by atoms with Crippen LogP contribution in [0.3, 0.4) is 0 Å². The molecule has 2 N–H and O–H groups in total. The number of hydrogen-bond acceptors (Lipinski definition) is 6. The molecule has 0 aliphatic carbocycles. The van der Waals surface area contributed by atoms with Gasteiger partial charge in [-0.1, -0.05) is 24.3 Å². The Morgan fingerprint density at radius 2 is 1.62 bits per heavy atom. The maximum absolute atomic E-state index is 11.8. The Kier molecular flexibility index (Phi) is 8.12. The highest BCUT2D eigenvalue weighted by Gasteiger charge is 2.04. The first-order chi connectivity index (χ1) is 14.0. The van der Waals surface area contributed by atoms with Crippen LogP contribution >= 0.6 is 0 Å². The van der Waals surface area contributed by atoms with Crippen molar-refractivity contribution in [2.24, 2.45) is 5.10 Å². The lowest BCUT2D eigenvalue weighted by Crippen LogP contribution is -2.34. The third-order valence-electron chi connectivity index (χ3n) is 3.70. The molecule has 2 amide bonds. The number of carbonyl (C=O) groups is 3. The Hall–Kier alpha value is -3.94. The zero-order chi connectivity index (χ0) is 21.1. The Labute approximate surface area is 168 Å². The molecule has 0 unspecified atom stereocenters. The van der Waals surface area contributed by atoms with Gasteiger partial charge in [-0.05, 0) is 41.5 Å². The van der Waals surface area contributed by atoms with Crippen LogP contribution in [-0.4, -0.2) is 44.8 Å². The normalized spacial score (nSPS) is 10.7. The number of nitrogens with zero attached hydrogens (tertiary/aromatic N) is 1. The summed E-state index contributed by atoms with van der Waals surface area (Å²) in [6, 6.07) is 13.7. The smallest absolute Gasteiger partial charge is 0.337 e. The SMILES string of the molecule is COC(=O)c1ccc(C=NNC(=O)CNC(=O)C=Cc2ccc(OC)cc2)cc1. The van der Waals surface area contributed by atoms with E-state index in [2.05, 4.69) is 20.6 Å². The van der Waals surface area contributed by atoms with E-state index in [-0.39, 0.29) is 6.54 Å². The van der Waals surface area contributed by atoms with Crippen LogP contribution in [-0.2, 0) is 14.3 Å². The van der Waals surface area contributed by atoms with Gasteiger partial charge < -0.3 is 14.8 Å². The van der Waals surface area contributed by atoms with E-state index in [0.29, 0.717) is 11.1 Å². The van der Waals surface area contributed by atoms with Crippen LogP contribution in [0.15, 0.2) is 59.7 Å². The van der Waals surface area contributed by atoms with Crippen molar-refractivity contribution in [3.63, 3.8) is 0 Å². The van der Waals surface area contributed by atoms with Crippen LogP contribution in [0.25, 0.3) is 6.08 Å². The molecule has 0 saturated heterocycles. The zero-order valence-electron chi connectivity index (χ0n) is 16.0. The third kappa shape index (κ3) is 7.30. The summed E-state index contributed by atoms with van der Waals surface area (Å²) in [6.45, 7) is -0.218. The summed E-state index contributed by atoms with van der Waals surface area (Å²) >= 11 is 0. The van der Waals surface area contributed by atoms with Gasteiger partial charge in [0, 0.05) is 6.08 Å². The highest BCUT2D eigenvalue weighted by molar-refractivity contribution is 5.94. The Morgan fingerprint density at radius 1 is 0.966 bits per heavy atom. The average molecular weight is 395 g/mol. The molecule has 0 spiro atoms. The number of benzene rings is 2. The number of nitrogens with one attached hydrogen (secondary N) is 2. The quantitative estimate of drug-likeness (QED) is 0.307. The fraction of sp³-hybridized carbons (Fsp3) is 0.143. The lowest BCUT2D eigenvalue weighted by molar-refractivity contribution is -0.123. The first kappa shape index (κ1) is 21.4. The van der Waals surface area contributed by atoms with E-state index in [1.807, 2.05) is 12.1 Å². The first-order valence-electron chi connectivity index (χ1n) is 8.62. The molecule has 0 aliphatic heterocycles. The molecule has 0 aliphatic rings. The maximum Gasteiger partial charge on any atom is 0.337 e. The van der Waals surface area contributed by atoms with Gasteiger partial charge in [-0.25, -0.2) is 10.2 Å². The molecule has 0 radical (unpaired) electrons. The standard InChI is InChI=1S/C21H21N3O5/c1-28-18-10-5-15(6-11-18)7-12-19(25)22-14-20(26)24-23-13-16-3-8-17(9-4-16)21(27)29-2/h3-13H,14H2,1-2H3,(H,22,25)(H,24,26). The van der Waals surface area contributed by atoms with Gasteiger partial charge in [0.1, 0.15) is 5.75 Å². The second kappa shape index (κ2) is 11.0. The molecule has 29 heavy (non-hydrogen) atoms. The van der Waals surface area contributed by atoms with E-state index in [1.54, 1.807) is 49.6 Å². The van der Waals surface area contributed by atoms with E-state index in [9.17, 15) is 14.4 Å². The Morgan fingerprint density at radius 3 is 2.24 bits per heavy atom. The Bertz CT molecular complexity index is 903. The minimum Gasteiger partial charge on any atom is -0.497 e.